The Bertz CT molecular complexity index is 1940. The minimum atomic E-state index is -1.24. The van der Waals surface area contributed by atoms with Gasteiger partial charge in [-0.25, -0.2) is 4.79 Å². The van der Waals surface area contributed by atoms with Gasteiger partial charge in [0.15, 0.2) is 23.0 Å². The summed E-state index contributed by atoms with van der Waals surface area (Å²) in [5.74, 6) is 1.77. The highest BCUT2D eigenvalue weighted by Crippen LogP contribution is 2.66. The molecule has 2 aromatic rings. The van der Waals surface area contributed by atoms with Gasteiger partial charge in [0.25, 0.3) is 6.41 Å². The van der Waals surface area contributed by atoms with E-state index in [9.17, 15) is 19.5 Å². The lowest BCUT2D eigenvalue weighted by atomic mass is 9.43. The van der Waals surface area contributed by atoms with Crippen molar-refractivity contribution >= 4 is 18.0 Å². The van der Waals surface area contributed by atoms with Crippen molar-refractivity contribution in [3.05, 3.63) is 47.5 Å². The van der Waals surface area contributed by atoms with Crippen LogP contribution in [-0.4, -0.2) is 99.4 Å². The highest BCUT2D eigenvalue weighted by Gasteiger charge is 2.60. The largest absolute Gasteiger partial charge is 0.493 e. The molecule has 9 rings (SSSR count). The fraction of sp³-hybridized carbons (Fsp3) is 0.694. The van der Waals surface area contributed by atoms with Crippen molar-refractivity contribution < 1.29 is 52.6 Å². The topological polar surface area (TPSA) is 163 Å². The molecule has 7 aliphatic rings. The highest BCUT2D eigenvalue weighted by atomic mass is 16.7. The van der Waals surface area contributed by atoms with Crippen molar-refractivity contribution in [1.29, 1.82) is 0 Å². The number of rotatable bonds is 16. The number of likely N-dealkylation sites (tertiary alicyclic amines) is 1. The normalized spacial score (nSPS) is 32.6. The summed E-state index contributed by atoms with van der Waals surface area (Å²) in [6.07, 6.45) is 10.1. The Balaban J connectivity index is 0.740. The molecule has 1 amide bonds. The minimum Gasteiger partial charge on any atom is -0.493 e. The average Bonchev–Trinajstić information content (AvgIpc) is 3.56. The van der Waals surface area contributed by atoms with E-state index in [0.29, 0.717) is 54.4 Å². The Labute approximate surface area is 372 Å². The van der Waals surface area contributed by atoms with E-state index in [1.54, 1.807) is 34.3 Å². The van der Waals surface area contributed by atoms with E-state index in [1.165, 1.54) is 19.3 Å². The first-order valence-corrected chi connectivity index (χ1v) is 23.2. The number of esters is 2. The summed E-state index contributed by atoms with van der Waals surface area (Å²) < 4.78 is 39.2. The summed E-state index contributed by atoms with van der Waals surface area (Å²) in [4.78, 5) is 41.6. The van der Waals surface area contributed by atoms with E-state index < -0.39 is 18.8 Å². The van der Waals surface area contributed by atoms with Crippen molar-refractivity contribution in [2.24, 2.45) is 34.5 Å². The molecule has 14 heteroatoms. The van der Waals surface area contributed by atoms with Crippen molar-refractivity contribution in [2.75, 3.05) is 41.0 Å². The van der Waals surface area contributed by atoms with Gasteiger partial charge in [0, 0.05) is 30.5 Å². The van der Waals surface area contributed by atoms with Gasteiger partial charge >= 0.3 is 18.0 Å². The molecule has 346 valence electrons. The number of methoxy groups -OCH3 is 3. The zero-order valence-corrected chi connectivity index (χ0v) is 38.1. The van der Waals surface area contributed by atoms with E-state index in [4.69, 9.17) is 33.2 Å². The van der Waals surface area contributed by atoms with E-state index >= 15 is 0 Å². The van der Waals surface area contributed by atoms with Crippen LogP contribution in [0.25, 0.3) is 0 Å². The van der Waals surface area contributed by atoms with Gasteiger partial charge in [0.2, 0.25) is 6.29 Å². The Hall–Kier alpha value is -4.27. The quantitative estimate of drug-likeness (QED) is 0.118. The number of aliphatic hydroxyl groups excluding tert-OH is 1. The van der Waals surface area contributed by atoms with Crippen LogP contribution in [0.2, 0.25) is 0 Å². The fourth-order valence-electron chi connectivity index (χ4n) is 13.3. The average molecular weight is 876 g/mol. The summed E-state index contributed by atoms with van der Waals surface area (Å²) in [6.45, 7) is 8.48. The zero-order valence-electron chi connectivity index (χ0n) is 38.1. The van der Waals surface area contributed by atoms with Crippen LogP contribution in [0.1, 0.15) is 109 Å². The van der Waals surface area contributed by atoms with Crippen LogP contribution >= 0.6 is 0 Å². The molecule has 4 unspecified atom stereocenters. The first-order chi connectivity index (χ1) is 30.1. The van der Waals surface area contributed by atoms with Gasteiger partial charge in [0.1, 0.15) is 0 Å². The summed E-state index contributed by atoms with van der Waals surface area (Å²) in [5, 5.41) is 17.4. The molecule has 2 aliphatic heterocycles. The number of ether oxygens (including phenoxy) is 7. The van der Waals surface area contributed by atoms with E-state index in [0.717, 1.165) is 82.0 Å². The number of hydrogen-bond donors (Lipinski definition) is 3. The molecular weight excluding hydrogens is 807 g/mol. The first-order valence-electron chi connectivity index (χ1n) is 23.2. The number of carbonyl (C=O) groups is 3. The van der Waals surface area contributed by atoms with E-state index in [-0.39, 0.29) is 52.1 Å². The molecule has 0 radical (unpaired) electrons. The third-order valence-electron chi connectivity index (χ3n) is 15.2. The highest BCUT2D eigenvalue weighted by molar-refractivity contribution is 5.75. The molecule has 14 nitrogen and oxygen atoms in total. The number of benzene rings is 2. The molecule has 4 bridgehead atoms. The van der Waals surface area contributed by atoms with Gasteiger partial charge < -0.3 is 48.5 Å². The maximum atomic E-state index is 13.2. The van der Waals surface area contributed by atoms with Crippen LogP contribution in [0.5, 0.6) is 23.0 Å². The monoisotopic (exact) mass is 875 g/mol. The molecular formula is C49H69N3O11. The number of cyclic esters (lactones) is 1. The third kappa shape index (κ3) is 10.5. The Morgan fingerprint density at radius 3 is 2.06 bits per heavy atom. The predicted octanol–water partition coefficient (Wildman–Crippen LogP) is 6.92. The third-order valence-corrected chi connectivity index (χ3v) is 15.2. The summed E-state index contributed by atoms with van der Waals surface area (Å²) in [5.41, 5.74) is 2.26. The van der Waals surface area contributed by atoms with Crippen molar-refractivity contribution in [1.82, 2.24) is 15.5 Å². The predicted molar refractivity (Wildman–Crippen MR) is 233 cm³/mol. The number of carbonyl (C=O) groups excluding carboxylic acids is 3. The van der Waals surface area contributed by atoms with Crippen molar-refractivity contribution in [2.45, 2.75) is 141 Å². The van der Waals surface area contributed by atoms with Crippen LogP contribution in [0.3, 0.4) is 0 Å². The van der Waals surface area contributed by atoms with Gasteiger partial charge in [-0.2, -0.15) is 0 Å². The Morgan fingerprint density at radius 2 is 1.43 bits per heavy atom. The first kappa shape index (κ1) is 45.3. The molecule has 5 saturated carbocycles. The standard InChI is InChI=1S/C49H69N3O11/c1-30(62-46(56)51-49-25-33-23-47(2,28-49)27-48(3,24-33)29-49)61-43(53)34-9-11-37(12-10-34)52-17-15-36(16-18-52)50-45(55)63-40-14-8-32(22-42(40)59-6)20-38-35(26-60-44(38)54)19-31-7-13-39(57-4)41(21-31)58-5/h7-8,13-14,21-22,30,33-38,45,50,55H,9-12,15-20,23-29H2,1-6H3,(H,51,56)/t30?,33?,34?,35-,37?,38+,45?,47?,48?,49?/m0/s1. The molecule has 63 heavy (non-hydrogen) atoms. The zero-order chi connectivity index (χ0) is 44.5. The molecule has 2 heterocycles. The molecule has 3 N–H and O–H groups in total. The van der Waals surface area contributed by atoms with Gasteiger partial charge in [-0.05, 0) is 155 Å². The maximum Gasteiger partial charge on any atom is 0.410 e. The Morgan fingerprint density at radius 1 is 0.810 bits per heavy atom. The van der Waals surface area contributed by atoms with Crippen LogP contribution in [0.4, 0.5) is 4.79 Å². The minimum absolute atomic E-state index is 0.00580. The number of aliphatic hydroxyl groups is 1. The van der Waals surface area contributed by atoms with Gasteiger partial charge in [0.05, 0.1) is 39.8 Å². The van der Waals surface area contributed by atoms with Crippen molar-refractivity contribution in [3.63, 3.8) is 0 Å². The maximum absolute atomic E-state index is 13.2. The molecule has 2 aromatic carbocycles. The summed E-state index contributed by atoms with van der Waals surface area (Å²) in [6, 6.07) is 11.8. The van der Waals surface area contributed by atoms with Gasteiger partial charge in [-0.3, -0.25) is 14.9 Å². The van der Waals surface area contributed by atoms with Crippen LogP contribution in [0.15, 0.2) is 36.4 Å². The van der Waals surface area contributed by atoms with E-state index in [1.807, 2.05) is 30.3 Å². The number of nitrogens with one attached hydrogen (secondary N) is 2. The number of piperidine rings is 1. The summed E-state index contributed by atoms with van der Waals surface area (Å²) >= 11 is 0. The van der Waals surface area contributed by atoms with Crippen molar-refractivity contribution in [3.8, 4) is 23.0 Å². The number of nitrogens with zero attached hydrogens (tertiary/aromatic N) is 1. The lowest BCUT2D eigenvalue weighted by Crippen LogP contribution is -2.65. The number of amides is 1. The van der Waals surface area contributed by atoms with Gasteiger partial charge in [-0.15, -0.1) is 0 Å². The second-order valence-electron chi connectivity index (χ2n) is 20.5. The molecule has 6 atom stereocenters. The summed E-state index contributed by atoms with van der Waals surface area (Å²) in [7, 11) is 4.76. The molecule has 5 aliphatic carbocycles. The Kier molecular flexibility index (Phi) is 13.4. The van der Waals surface area contributed by atoms with Crippen LogP contribution in [-0.2, 0) is 36.6 Å². The fourth-order valence-corrected chi connectivity index (χ4v) is 13.3. The molecule has 7 fully saturated rings. The lowest BCUT2D eigenvalue weighted by Gasteiger charge is -2.65. The second kappa shape index (κ2) is 18.7. The SMILES string of the molecule is COc1ccc(C[C@H]2COC(=O)[C@@H]2Cc2ccc(OC(O)NC3CCN(C4CCC(C(=O)OC(C)OC(=O)NC56CC7CC(C)(CC(C)(C7)C5)C6)CC4)CC3)c(OC)c2)cc1OC. The van der Waals surface area contributed by atoms with Gasteiger partial charge in [-0.1, -0.05) is 26.0 Å². The number of hydrogen-bond acceptors (Lipinski definition) is 13. The van der Waals surface area contributed by atoms with E-state index in [2.05, 4.69) is 29.4 Å². The molecule has 0 aromatic heterocycles. The second-order valence-corrected chi connectivity index (χ2v) is 20.5. The molecule has 0 spiro atoms. The number of alkyl carbamates (subject to hydrolysis) is 1. The smallest absolute Gasteiger partial charge is 0.410 e. The van der Waals surface area contributed by atoms with Crippen LogP contribution < -0.4 is 29.6 Å². The lowest BCUT2D eigenvalue weighted by molar-refractivity contribution is -0.172. The van der Waals surface area contributed by atoms with Crippen LogP contribution in [0, 0.1) is 34.5 Å². The molecule has 2 saturated heterocycles.